The zero-order valence-corrected chi connectivity index (χ0v) is 13.0. The minimum Gasteiger partial charge on any atom is -0.304 e. The Morgan fingerprint density at radius 1 is 1.40 bits per heavy atom. The number of aromatic nitrogens is 3. The number of hydrogen-bond acceptors (Lipinski definition) is 3. The van der Waals surface area contributed by atoms with Gasteiger partial charge in [-0.2, -0.15) is 5.10 Å². The van der Waals surface area contributed by atoms with E-state index in [1.165, 1.54) is 5.56 Å². The number of halogens is 1. The molecule has 108 valence electrons. The summed E-state index contributed by atoms with van der Waals surface area (Å²) in [6.45, 7) is 7.81. The van der Waals surface area contributed by atoms with Crippen LogP contribution in [0.1, 0.15) is 43.8 Å². The molecule has 0 saturated heterocycles. The van der Waals surface area contributed by atoms with E-state index in [9.17, 15) is 0 Å². The highest BCUT2D eigenvalue weighted by molar-refractivity contribution is 6.31. The Labute approximate surface area is 125 Å². The molecule has 2 rings (SSSR count). The minimum atomic E-state index is 0.227. The van der Waals surface area contributed by atoms with E-state index in [4.69, 9.17) is 11.6 Å². The van der Waals surface area contributed by atoms with E-state index in [1.54, 1.807) is 6.20 Å². The SMILES string of the molecule is CCc1nn(CC)c(CN[C@H](C)c2cccnc2)c1Cl. The second-order valence-corrected chi connectivity index (χ2v) is 5.14. The molecule has 2 aromatic heterocycles. The number of hydrogen-bond donors (Lipinski definition) is 1. The van der Waals surface area contributed by atoms with Crippen molar-refractivity contribution < 1.29 is 0 Å². The zero-order chi connectivity index (χ0) is 14.5. The van der Waals surface area contributed by atoms with Gasteiger partial charge in [0.1, 0.15) is 0 Å². The Morgan fingerprint density at radius 2 is 2.20 bits per heavy atom. The van der Waals surface area contributed by atoms with Crippen molar-refractivity contribution in [1.29, 1.82) is 0 Å². The number of rotatable bonds is 6. The van der Waals surface area contributed by atoms with Gasteiger partial charge in [0.05, 0.1) is 16.4 Å². The van der Waals surface area contributed by atoms with Gasteiger partial charge < -0.3 is 5.32 Å². The van der Waals surface area contributed by atoms with Crippen molar-refractivity contribution in [2.24, 2.45) is 0 Å². The molecule has 0 fully saturated rings. The molecule has 4 nitrogen and oxygen atoms in total. The molecule has 5 heteroatoms. The summed E-state index contributed by atoms with van der Waals surface area (Å²) < 4.78 is 1.98. The lowest BCUT2D eigenvalue weighted by molar-refractivity contribution is 0.529. The predicted octanol–water partition coefficient (Wildman–Crippen LogP) is 3.36. The van der Waals surface area contributed by atoms with Crippen molar-refractivity contribution in [3.8, 4) is 0 Å². The predicted molar refractivity (Wildman–Crippen MR) is 81.8 cm³/mol. The van der Waals surface area contributed by atoms with Gasteiger partial charge in [0.2, 0.25) is 0 Å². The molecular weight excluding hydrogens is 272 g/mol. The van der Waals surface area contributed by atoms with Gasteiger partial charge in [0.15, 0.2) is 0 Å². The summed E-state index contributed by atoms with van der Waals surface area (Å²) in [4.78, 5) is 4.15. The summed E-state index contributed by atoms with van der Waals surface area (Å²) in [6, 6.07) is 4.25. The van der Waals surface area contributed by atoms with Crippen LogP contribution >= 0.6 is 11.6 Å². The molecule has 20 heavy (non-hydrogen) atoms. The first kappa shape index (κ1) is 15.0. The Morgan fingerprint density at radius 3 is 2.80 bits per heavy atom. The quantitative estimate of drug-likeness (QED) is 0.888. The molecule has 0 aromatic carbocycles. The topological polar surface area (TPSA) is 42.7 Å². The molecule has 0 aliphatic heterocycles. The standard InChI is InChI=1S/C15H21ClN4/c1-4-13-15(16)14(20(5-2)19-13)10-18-11(3)12-7-6-8-17-9-12/h6-9,11,18H,4-5,10H2,1-3H3/t11-/m1/s1. The Balaban J connectivity index is 2.09. The van der Waals surface area contributed by atoms with E-state index in [1.807, 2.05) is 16.9 Å². The monoisotopic (exact) mass is 292 g/mol. The van der Waals surface area contributed by atoms with Gasteiger partial charge in [-0.15, -0.1) is 0 Å². The molecule has 0 radical (unpaired) electrons. The molecular formula is C15H21ClN4. The molecule has 0 aliphatic carbocycles. The van der Waals surface area contributed by atoms with Gasteiger partial charge in [-0.05, 0) is 31.9 Å². The van der Waals surface area contributed by atoms with E-state index in [-0.39, 0.29) is 6.04 Å². The molecule has 1 N–H and O–H groups in total. The zero-order valence-electron chi connectivity index (χ0n) is 12.2. The van der Waals surface area contributed by atoms with E-state index in [2.05, 4.69) is 42.2 Å². The Hall–Kier alpha value is -1.39. The molecule has 0 bridgehead atoms. The fourth-order valence-electron chi connectivity index (χ4n) is 2.19. The molecule has 2 aromatic rings. The molecule has 1 atom stereocenters. The second kappa shape index (κ2) is 6.86. The number of aryl methyl sites for hydroxylation is 2. The average Bonchev–Trinajstić information content (AvgIpc) is 2.81. The molecule has 0 saturated carbocycles. The Bertz CT molecular complexity index is 551. The van der Waals surface area contributed by atoms with Gasteiger partial charge in [-0.3, -0.25) is 9.67 Å². The highest BCUT2D eigenvalue weighted by Crippen LogP contribution is 2.22. The molecule has 2 heterocycles. The van der Waals surface area contributed by atoms with Crippen molar-refractivity contribution in [3.63, 3.8) is 0 Å². The highest BCUT2D eigenvalue weighted by atomic mass is 35.5. The maximum atomic E-state index is 6.40. The van der Waals surface area contributed by atoms with Gasteiger partial charge in [0, 0.05) is 31.5 Å². The van der Waals surface area contributed by atoms with Crippen LogP contribution in [0.5, 0.6) is 0 Å². The summed E-state index contributed by atoms with van der Waals surface area (Å²) in [7, 11) is 0. The van der Waals surface area contributed by atoms with Gasteiger partial charge >= 0.3 is 0 Å². The van der Waals surface area contributed by atoms with E-state index < -0.39 is 0 Å². The summed E-state index contributed by atoms with van der Waals surface area (Å²) >= 11 is 6.40. The maximum Gasteiger partial charge on any atom is 0.0863 e. The molecule has 0 aliphatic rings. The van der Waals surface area contributed by atoms with Crippen molar-refractivity contribution in [2.45, 2.75) is 46.3 Å². The lowest BCUT2D eigenvalue weighted by Crippen LogP contribution is -2.20. The summed E-state index contributed by atoms with van der Waals surface area (Å²) in [6.07, 6.45) is 4.53. The fourth-order valence-corrected chi connectivity index (χ4v) is 2.52. The second-order valence-electron chi connectivity index (χ2n) is 4.77. The number of nitrogens with zero attached hydrogens (tertiary/aromatic N) is 3. The third-order valence-electron chi connectivity index (χ3n) is 3.45. The summed E-state index contributed by atoms with van der Waals surface area (Å²) in [5.74, 6) is 0. The summed E-state index contributed by atoms with van der Waals surface area (Å²) in [5.41, 5.74) is 3.20. The highest BCUT2D eigenvalue weighted by Gasteiger charge is 2.15. The van der Waals surface area contributed by atoms with Crippen LogP contribution in [0.15, 0.2) is 24.5 Å². The smallest absolute Gasteiger partial charge is 0.0863 e. The molecule has 0 amide bonds. The normalized spacial score (nSPS) is 12.6. The fraction of sp³-hybridized carbons (Fsp3) is 0.467. The Kier molecular flexibility index (Phi) is 5.15. The van der Waals surface area contributed by atoms with Crippen molar-refractivity contribution in [1.82, 2.24) is 20.1 Å². The van der Waals surface area contributed by atoms with E-state index >= 15 is 0 Å². The average molecular weight is 293 g/mol. The lowest BCUT2D eigenvalue weighted by Gasteiger charge is -2.14. The first-order valence-corrected chi connectivity index (χ1v) is 7.42. The van der Waals surface area contributed by atoms with E-state index in [0.29, 0.717) is 6.54 Å². The lowest BCUT2D eigenvalue weighted by atomic mass is 10.1. The van der Waals surface area contributed by atoms with Crippen molar-refractivity contribution in [3.05, 3.63) is 46.5 Å². The third-order valence-corrected chi connectivity index (χ3v) is 3.89. The van der Waals surface area contributed by atoms with Gasteiger partial charge in [-0.1, -0.05) is 24.6 Å². The van der Waals surface area contributed by atoms with Gasteiger partial charge in [-0.25, -0.2) is 0 Å². The number of pyridine rings is 1. The van der Waals surface area contributed by atoms with Crippen LogP contribution in [0.4, 0.5) is 0 Å². The largest absolute Gasteiger partial charge is 0.304 e. The third kappa shape index (κ3) is 3.19. The minimum absolute atomic E-state index is 0.227. The van der Waals surface area contributed by atoms with Crippen LogP contribution < -0.4 is 5.32 Å². The van der Waals surface area contributed by atoms with Crippen LogP contribution in [0, 0.1) is 0 Å². The molecule has 0 spiro atoms. The summed E-state index contributed by atoms with van der Waals surface area (Å²) in [5, 5.41) is 8.80. The number of nitrogens with one attached hydrogen (secondary N) is 1. The van der Waals surface area contributed by atoms with Crippen molar-refractivity contribution >= 4 is 11.6 Å². The first-order chi connectivity index (χ1) is 9.67. The van der Waals surface area contributed by atoms with Crippen molar-refractivity contribution in [2.75, 3.05) is 0 Å². The van der Waals surface area contributed by atoms with Crippen LogP contribution in [0.3, 0.4) is 0 Å². The van der Waals surface area contributed by atoms with E-state index in [0.717, 1.165) is 29.4 Å². The molecule has 0 unspecified atom stereocenters. The maximum absolute atomic E-state index is 6.40. The van der Waals surface area contributed by atoms with Crippen LogP contribution in [-0.4, -0.2) is 14.8 Å². The van der Waals surface area contributed by atoms with Crippen LogP contribution in [-0.2, 0) is 19.5 Å². The van der Waals surface area contributed by atoms with Crippen LogP contribution in [0.2, 0.25) is 5.02 Å². The van der Waals surface area contributed by atoms with Crippen LogP contribution in [0.25, 0.3) is 0 Å². The first-order valence-electron chi connectivity index (χ1n) is 7.04. The van der Waals surface area contributed by atoms with Gasteiger partial charge in [0.25, 0.3) is 0 Å².